The number of carbonyl (C=O) groups excluding carboxylic acids is 1. The zero-order valence-electron chi connectivity index (χ0n) is 8.36. The van der Waals surface area contributed by atoms with E-state index in [4.69, 9.17) is 5.11 Å². The Hall–Kier alpha value is -1.85. The standard InChI is InChI=1S/C9H13N3O3/c1-2-3-7(9(14)15)12-8(13)6-4-10-11-5-6/h4-5,7H,2-3H2,1H3,(H,10,11)(H,12,13)(H,14,15)/t7-/m1/s1. The maximum absolute atomic E-state index is 11.5. The van der Waals surface area contributed by atoms with Gasteiger partial charge in [-0.15, -0.1) is 0 Å². The van der Waals surface area contributed by atoms with E-state index in [2.05, 4.69) is 15.5 Å². The van der Waals surface area contributed by atoms with Crippen LogP contribution in [0.4, 0.5) is 0 Å². The summed E-state index contributed by atoms with van der Waals surface area (Å²) < 4.78 is 0. The number of H-pyrrole nitrogens is 1. The highest BCUT2D eigenvalue weighted by molar-refractivity contribution is 5.96. The molecule has 0 aliphatic heterocycles. The summed E-state index contributed by atoms with van der Waals surface area (Å²) in [6.07, 6.45) is 3.88. The lowest BCUT2D eigenvalue weighted by Gasteiger charge is -2.12. The van der Waals surface area contributed by atoms with Crippen molar-refractivity contribution in [2.75, 3.05) is 0 Å². The van der Waals surface area contributed by atoms with Crippen LogP contribution in [-0.4, -0.2) is 33.2 Å². The predicted molar refractivity (Wildman–Crippen MR) is 52.4 cm³/mol. The number of amides is 1. The molecule has 0 unspecified atom stereocenters. The van der Waals surface area contributed by atoms with Crippen LogP contribution in [0.15, 0.2) is 12.4 Å². The van der Waals surface area contributed by atoms with Crippen LogP contribution in [0.25, 0.3) is 0 Å². The average Bonchev–Trinajstić information content (AvgIpc) is 2.69. The second-order valence-corrected chi connectivity index (χ2v) is 3.14. The largest absolute Gasteiger partial charge is 0.480 e. The van der Waals surface area contributed by atoms with Crippen molar-refractivity contribution in [2.45, 2.75) is 25.8 Å². The third kappa shape index (κ3) is 3.08. The highest BCUT2D eigenvalue weighted by Crippen LogP contribution is 2.00. The molecule has 1 heterocycles. The monoisotopic (exact) mass is 211 g/mol. The van der Waals surface area contributed by atoms with Gasteiger partial charge in [0.1, 0.15) is 6.04 Å². The number of aromatic amines is 1. The number of hydrogen-bond acceptors (Lipinski definition) is 3. The molecule has 0 bridgehead atoms. The van der Waals surface area contributed by atoms with Gasteiger partial charge in [0.25, 0.3) is 5.91 Å². The second-order valence-electron chi connectivity index (χ2n) is 3.14. The van der Waals surface area contributed by atoms with Gasteiger partial charge in [-0.25, -0.2) is 4.79 Å². The number of carboxylic acids is 1. The van der Waals surface area contributed by atoms with Crippen molar-refractivity contribution in [3.05, 3.63) is 18.0 Å². The van der Waals surface area contributed by atoms with E-state index in [1.54, 1.807) is 0 Å². The summed E-state index contributed by atoms with van der Waals surface area (Å²) >= 11 is 0. The van der Waals surface area contributed by atoms with Gasteiger partial charge in [-0.2, -0.15) is 5.10 Å². The van der Waals surface area contributed by atoms with Gasteiger partial charge in [0.2, 0.25) is 0 Å². The molecule has 0 aromatic carbocycles. The maximum atomic E-state index is 11.5. The van der Waals surface area contributed by atoms with Crippen molar-refractivity contribution in [3.63, 3.8) is 0 Å². The molecule has 1 atom stereocenters. The Morgan fingerprint density at radius 2 is 2.40 bits per heavy atom. The second kappa shape index (κ2) is 5.14. The highest BCUT2D eigenvalue weighted by Gasteiger charge is 2.19. The summed E-state index contributed by atoms with van der Waals surface area (Å²) in [4.78, 5) is 22.2. The fourth-order valence-corrected chi connectivity index (χ4v) is 1.16. The van der Waals surface area contributed by atoms with Crippen LogP contribution in [0.3, 0.4) is 0 Å². The minimum atomic E-state index is -1.02. The van der Waals surface area contributed by atoms with Gasteiger partial charge in [0, 0.05) is 6.20 Å². The Balaban J connectivity index is 2.59. The number of carboxylic acid groups (broad SMARTS) is 1. The molecule has 1 aromatic rings. The van der Waals surface area contributed by atoms with E-state index in [-0.39, 0.29) is 0 Å². The van der Waals surface area contributed by atoms with E-state index in [1.165, 1.54) is 12.4 Å². The van der Waals surface area contributed by atoms with E-state index in [0.717, 1.165) is 0 Å². The van der Waals surface area contributed by atoms with Gasteiger partial charge in [-0.1, -0.05) is 13.3 Å². The quantitative estimate of drug-likeness (QED) is 0.656. The molecule has 0 fully saturated rings. The number of carbonyl (C=O) groups is 2. The van der Waals surface area contributed by atoms with Crippen molar-refractivity contribution in [2.24, 2.45) is 0 Å². The van der Waals surface area contributed by atoms with E-state index < -0.39 is 17.9 Å². The molecule has 1 amide bonds. The molecule has 0 aliphatic carbocycles. The summed E-state index contributed by atoms with van der Waals surface area (Å²) in [6, 6.07) is -0.836. The number of rotatable bonds is 5. The molecular weight excluding hydrogens is 198 g/mol. The molecule has 0 saturated heterocycles. The zero-order chi connectivity index (χ0) is 11.3. The van der Waals surface area contributed by atoms with Gasteiger partial charge in [-0.3, -0.25) is 9.89 Å². The molecule has 82 valence electrons. The molecular formula is C9H13N3O3. The molecule has 1 aromatic heterocycles. The highest BCUT2D eigenvalue weighted by atomic mass is 16.4. The summed E-state index contributed by atoms with van der Waals surface area (Å²) in [5.41, 5.74) is 0.331. The predicted octanol–water partition coefficient (Wildman–Crippen LogP) is 0.393. The van der Waals surface area contributed by atoms with Crippen LogP contribution < -0.4 is 5.32 Å². The first-order valence-electron chi connectivity index (χ1n) is 4.67. The van der Waals surface area contributed by atoms with Gasteiger partial charge in [-0.05, 0) is 6.42 Å². The lowest BCUT2D eigenvalue weighted by molar-refractivity contribution is -0.139. The van der Waals surface area contributed by atoms with Crippen molar-refractivity contribution >= 4 is 11.9 Å². The number of nitrogens with one attached hydrogen (secondary N) is 2. The minimum Gasteiger partial charge on any atom is -0.480 e. The zero-order valence-corrected chi connectivity index (χ0v) is 8.36. The molecule has 6 heteroatoms. The van der Waals surface area contributed by atoms with E-state index in [9.17, 15) is 9.59 Å². The summed E-state index contributed by atoms with van der Waals surface area (Å²) in [5, 5.41) is 17.3. The summed E-state index contributed by atoms with van der Waals surface area (Å²) in [7, 11) is 0. The molecule has 0 aliphatic rings. The van der Waals surface area contributed by atoms with Crippen LogP contribution in [0.1, 0.15) is 30.1 Å². The van der Waals surface area contributed by atoms with Crippen molar-refractivity contribution in [1.82, 2.24) is 15.5 Å². The van der Waals surface area contributed by atoms with E-state index in [1.807, 2.05) is 6.92 Å². The van der Waals surface area contributed by atoms with Crippen LogP contribution in [-0.2, 0) is 4.79 Å². The molecule has 0 radical (unpaired) electrons. The lowest BCUT2D eigenvalue weighted by atomic mass is 10.1. The van der Waals surface area contributed by atoms with Gasteiger partial charge >= 0.3 is 5.97 Å². The normalized spacial score (nSPS) is 12.1. The fourth-order valence-electron chi connectivity index (χ4n) is 1.16. The molecule has 0 spiro atoms. The third-order valence-electron chi connectivity index (χ3n) is 1.94. The molecule has 0 saturated carbocycles. The number of aliphatic carboxylic acids is 1. The molecule has 15 heavy (non-hydrogen) atoms. The van der Waals surface area contributed by atoms with E-state index in [0.29, 0.717) is 18.4 Å². The first-order valence-corrected chi connectivity index (χ1v) is 4.67. The minimum absolute atomic E-state index is 0.331. The topological polar surface area (TPSA) is 95.1 Å². The van der Waals surface area contributed by atoms with Crippen LogP contribution >= 0.6 is 0 Å². The Labute approximate surface area is 86.7 Å². The smallest absolute Gasteiger partial charge is 0.326 e. The van der Waals surface area contributed by atoms with E-state index >= 15 is 0 Å². The Bertz CT molecular complexity index is 334. The van der Waals surface area contributed by atoms with Crippen molar-refractivity contribution in [1.29, 1.82) is 0 Å². The van der Waals surface area contributed by atoms with Gasteiger partial charge in [0.15, 0.2) is 0 Å². The Morgan fingerprint density at radius 3 is 2.87 bits per heavy atom. The van der Waals surface area contributed by atoms with Crippen molar-refractivity contribution in [3.8, 4) is 0 Å². The fraction of sp³-hybridized carbons (Fsp3) is 0.444. The number of nitrogens with zero attached hydrogens (tertiary/aromatic N) is 1. The average molecular weight is 211 g/mol. The third-order valence-corrected chi connectivity index (χ3v) is 1.94. The van der Waals surface area contributed by atoms with Crippen molar-refractivity contribution < 1.29 is 14.7 Å². The Morgan fingerprint density at radius 1 is 1.67 bits per heavy atom. The molecule has 3 N–H and O–H groups in total. The summed E-state index contributed by atoms with van der Waals surface area (Å²) in [5.74, 6) is -1.45. The first-order chi connectivity index (χ1) is 7.15. The lowest BCUT2D eigenvalue weighted by Crippen LogP contribution is -2.40. The SMILES string of the molecule is CCC[C@@H](NC(=O)c1cn[nH]c1)C(=O)O. The maximum Gasteiger partial charge on any atom is 0.326 e. The first kappa shape index (κ1) is 11.2. The van der Waals surface area contributed by atoms with Crippen LogP contribution in [0.5, 0.6) is 0 Å². The molecule has 6 nitrogen and oxygen atoms in total. The van der Waals surface area contributed by atoms with Crippen LogP contribution in [0.2, 0.25) is 0 Å². The summed E-state index contributed by atoms with van der Waals surface area (Å²) in [6.45, 7) is 1.86. The van der Waals surface area contributed by atoms with Crippen LogP contribution in [0, 0.1) is 0 Å². The molecule has 1 rings (SSSR count). The van der Waals surface area contributed by atoms with Gasteiger partial charge in [0.05, 0.1) is 11.8 Å². The number of aromatic nitrogens is 2. The number of hydrogen-bond donors (Lipinski definition) is 3. The Kier molecular flexibility index (Phi) is 3.84. The van der Waals surface area contributed by atoms with Gasteiger partial charge < -0.3 is 10.4 Å².